The molecule has 1 heterocycles. The third kappa shape index (κ3) is 8.00. The fourth-order valence-corrected chi connectivity index (χ4v) is 4.92. The maximum Gasteiger partial charge on any atom is 0.303 e. The van der Waals surface area contributed by atoms with E-state index in [-0.39, 0.29) is 18.1 Å². The van der Waals surface area contributed by atoms with Gasteiger partial charge in [-0.3, -0.25) is 14.6 Å². The quantitative estimate of drug-likeness (QED) is 0.246. The number of carboxylic acids is 1. The molecule has 186 valence electrons. The molecule has 0 aliphatic heterocycles. The summed E-state index contributed by atoms with van der Waals surface area (Å²) in [5, 5.41) is 10.1. The lowest BCUT2D eigenvalue weighted by Gasteiger charge is -2.21. The number of nitrogens with two attached hydrogens (primary N) is 1. The number of rotatable bonds is 15. The normalized spacial score (nSPS) is 12.1. The van der Waals surface area contributed by atoms with E-state index in [1.807, 2.05) is 12.1 Å². The number of carboxylic acid groups (broad SMARTS) is 1. The van der Waals surface area contributed by atoms with Crippen molar-refractivity contribution in [1.29, 1.82) is 0 Å². The lowest BCUT2D eigenvalue weighted by molar-refractivity contribution is -0.137. The molecule has 0 amide bonds. The molecule has 1 aromatic heterocycles. The highest BCUT2D eigenvalue weighted by Crippen LogP contribution is 2.35. The minimum absolute atomic E-state index is 0.0430. The first-order valence-electron chi connectivity index (χ1n) is 12.9. The Balaban J connectivity index is 1.89. The van der Waals surface area contributed by atoms with Gasteiger partial charge in [0.15, 0.2) is 0 Å². The Labute approximate surface area is 208 Å². The summed E-state index contributed by atoms with van der Waals surface area (Å²) in [7, 11) is 0. The summed E-state index contributed by atoms with van der Waals surface area (Å²) in [5.41, 5.74) is 11.2. The summed E-state index contributed by atoms with van der Waals surface area (Å²) in [6.07, 6.45) is 7.34. The number of aliphatic carboxylic acids is 1. The lowest BCUT2D eigenvalue weighted by Crippen LogP contribution is -2.14. The number of nitrogens with zero attached hydrogens (tertiary/aromatic N) is 1. The van der Waals surface area contributed by atoms with Crippen molar-refractivity contribution in [2.24, 2.45) is 11.7 Å². The van der Waals surface area contributed by atoms with Crippen LogP contribution in [0.15, 0.2) is 54.6 Å². The minimum Gasteiger partial charge on any atom is -0.481 e. The number of unbranched alkanes of at least 4 members (excludes halogenated alkanes) is 3. The van der Waals surface area contributed by atoms with Crippen molar-refractivity contribution in [2.75, 3.05) is 6.54 Å². The number of fused-ring (bicyclic) bond motifs is 1. The molecule has 5 nitrogen and oxygen atoms in total. The molecule has 0 bridgehead atoms. The number of ketones is 1. The summed E-state index contributed by atoms with van der Waals surface area (Å²) in [6.45, 7) is 2.79. The van der Waals surface area contributed by atoms with E-state index >= 15 is 0 Å². The number of aromatic nitrogens is 1. The van der Waals surface area contributed by atoms with Crippen LogP contribution in [0.1, 0.15) is 69.0 Å². The maximum absolute atomic E-state index is 12.8. The average Bonchev–Trinajstić information content (AvgIpc) is 2.84. The molecule has 0 radical (unpaired) electrons. The second-order valence-corrected chi connectivity index (χ2v) is 9.49. The summed E-state index contributed by atoms with van der Waals surface area (Å²) >= 11 is 0. The summed E-state index contributed by atoms with van der Waals surface area (Å²) in [5.74, 6) is -0.486. The van der Waals surface area contributed by atoms with Crippen molar-refractivity contribution in [1.82, 2.24) is 4.98 Å². The summed E-state index contributed by atoms with van der Waals surface area (Å²) < 4.78 is 0. The highest BCUT2D eigenvalue weighted by molar-refractivity contribution is 5.96. The highest BCUT2D eigenvalue weighted by atomic mass is 16.4. The second-order valence-electron chi connectivity index (χ2n) is 9.49. The fourth-order valence-electron chi connectivity index (χ4n) is 4.92. The number of carbonyl (C=O) groups is 2. The van der Waals surface area contributed by atoms with Crippen LogP contribution in [-0.2, 0) is 16.0 Å². The van der Waals surface area contributed by atoms with Crippen molar-refractivity contribution in [3.05, 3.63) is 65.9 Å². The van der Waals surface area contributed by atoms with Gasteiger partial charge in [-0.05, 0) is 67.8 Å². The van der Waals surface area contributed by atoms with Crippen LogP contribution >= 0.6 is 0 Å². The van der Waals surface area contributed by atoms with Crippen LogP contribution in [0.5, 0.6) is 0 Å². The van der Waals surface area contributed by atoms with E-state index in [0.29, 0.717) is 25.8 Å². The first-order valence-corrected chi connectivity index (χ1v) is 12.9. The van der Waals surface area contributed by atoms with Crippen LogP contribution in [-0.4, -0.2) is 28.4 Å². The zero-order chi connectivity index (χ0) is 25.0. The Morgan fingerprint density at radius 1 is 0.914 bits per heavy atom. The Morgan fingerprint density at radius 3 is 2.37 bits per heavy atom. The number of hydrogen-bond donors (Lipinski definition) is 2. The second kappa shape index (κ2) is 13.7. The van der Waals surface area contributed by atoms with Crippen LogP contribution in [0, 0.1) is 12.8 Å². The molecule has 1 atom stereocenters. The molecule has 0 saturated carbocycles. The predicted molar refractivity (Wildman–Crippen MR) is 142 cm³/mol. The SMILES string of the molecule is Cc1nc2ccccc2c(-c2ccccc2)c1CC(CCCCCCN)CC(=O)CCCC(=O)O. The van der Waals surface area contributed by atoms with Gasteiger partial charge in [0.2, 0.25) is 0 Å². The van der Waals surface area contributed by atoms with E-state index < -0.39 is 5.97 Å². The Hall–Kier alpha value is -3.05. The number of carbonyl (C=O) groups excluding carboxylic acids is 1. The zero-order valence-electron chi connectivity index (χ0n) is 20.8. The van der Waals surface area contributed by atoms with Crippen molar-refractivity contribution in [3.63, 3.8) is 0 Å². The molecular formula is C30H38N2O3. The van der Waals surface area contributed by atoms with Crippen molar-refractivity contribution < 1.29 is 14.7 Å². The predicted octanol–water partition coefficient (Wildman–Crippen LogP) is 6.49. The van der Waals surface area contributed by atoms with Gasteiger partial charge in [0, 0.05) is 30.3 Å². The molecule has 5 heteroatoms. The highest BCUT2D eigenvalue weighted by Gasteiger charge is 2.21. The largest absolute Gasteiger partial charge is 0.481 e. The van der Waals surface area contributed by atoms with Crippen LogP contribution in [0.4, 0.5) is 0 Å². The number of hydrogen-bond acceptors (Lipinski definition) is 4. The van der Waals surface area contributed by atoms with E-state index in [0.717, 1.165) is 55.1 Å². The number of benzene rings is 2. The molecule has 35 heavy (non-hydrogen) atoms. The van der Waals surface area contributed by atoms with Gasteiger partial charge < -0.3 is 10.8 Å². The average molecular weight is 475 g/mol. The smallest absolute Gasteiger partial charge is 0.303 e. The molecule has 2 aromatic carbocycles. The van der Waals surface area contributed by atoms with Gasteiger partial charge in [-0.2, -0.15) is 0 Å². The number of aryl methyl sites for hydroxylation is 1. The minimum atomic E-state index is -0.848. The Morgan fingerprint density at radius 2 is 1.63 bits per heavy atom. The lowest BCUT2D eigenvalue weighted by atomic mass is 9.84. The van der Waals surface area contributed by atoms with E-state index in [4.69, 9.17) is 15.8 Å². The first-order chi connectivity index (χ1) is 17.0. The van der Waals surface area contributed by atoms with Crippen LogP contribution in [0.25, 0.3) is 22.0 Å². The monoisotopic (exact) mass is 474 g/mol. The van der Waals surface area contributed by atoms with E-state index in [9.17, 15) is 9.59 Å². The van der Waals surface area contributed by atoms with Crippen molar-refractivity contribution >= 4 is 22.7 Å². The molecule has 0 aliphatic rings. The fraction of sp³-hybridized carbons (Fsp3) is 0.433. The molecule has 0 aliphatic carbocycles. The third-order valence-corrected chi connectivity index (χ3v) is 6.68. The van der Waals surface area contributed by atoms with Crippen LogP contribution in [0.3, 0.4) is 0 Å². The third-order valence-electron chi connectivity index (χ3n) is 6.68. The van der Waals surface area contributed by atoms with E-state index in [1.165, 1.54) is 16.7 Å². The molecule has 0 spiro atoms. The molecule has 1 unspecified atom stereocenters. The molecular weight excluding hydrogens is 436 g/mol. The first kappa shape index (κ1) is 26.6. The van der Waals surface area contributed by atoms with Crippen LogP contribution in [0.2, 0.25) is 0 Å². The van der Waals surface area contributed by atoms with Gasteiger partial charge in [-0.15, -0.1) is 0 Å². The van der Waals surface area contributed by atoms with E-state index in [1.54, 1.807) is 0 Å². The topological polar surface area (TPSA) is 93.3 Å². The van der Waals surface area contributed by atoms with Gasteiger partial charge in [-0.25, -0.2) is 0 Å². The maximum atomic E-state index is 12.8. The van der Waals surface area contributed by atoms with Gasteiger partial charge >= 0.3 is 5.97 Å². The molecule has 3 aromatic rings. The van der Waals surface area contributed by atoms with Gasteiger partial charge in [0.25, 0.3) is 0 Å². The molecule has 0 saturated heterocycles. The standard InChI is InChI=1S/C30H38N2O3/c1-22-27(30(24-13-6-4-7-14-24)26-16-8-9-17-28(26)32-22)21-23(12-5-2-3-10-19-31)20-25(33)15-11-18-29(34)35/h4,6-9,13-14,16-17,23H,2-3,5,10-12,15,18-21,31H2,1H3,(H,34,35). The van der Waals surface area contributed by atoms with Gasteiger partial charge in [0.05, 0.1) is 5.52 Å². The number of Topliss-reactive ketones (excluding diaryl/α,β-unsaturated/α-hetero) is 1. The van der Waals surface area contributed by atoms with Crippen molar-refractivity contribution in [2.45, 2.75) is 71.1 Å². The molecule has 0 fully saturated rings. The zero-order valence-corrected chi connectivity index (χ0v) is 20.8. The van der Waals surface area contributed by atoms with Crippen molar-refractivity contribution in [3.8, 4) is 11.1 Å². The Bertz CT molecular complexity index is 1110. The molecule has 3 N–H and O–H groups in total. The number of pyridine rings is 1. The number of para-hydroxylation sites is 1. The van der Waals surface area contributed by atoms with Gasteiger partial charge in [-0.1, -0.05) is 67.8 Å². The Kier molecular flexibility index (Phi) is 10.4. The summed E-state index contributed by atoms with van der Waals surface area (Å²) in [6, 6.07) is 18.7. The summed E-state index contributed by atoms with van der Waals surface area (Å²) in [4.78, 5) is 28.6. The van der Waals surface area contributed by atoms with Crippen LogP contribution < -0.4 is 5.73 Å². The molecule has 3 rings (SSSR count). The van der Waals surface area contributed by atoms with Gasteiger partial charge in [0.1, 0.15) is 5.78 Å². The van der Waals surface area contributed by atoms with E-state index in [2.05, 4.69) is 49.4 Å².